The molecule has 1 aromatic rings. The van der Waals surface area contributed by atoms with Crippen LogP contribution in [0.25, 0.3) is 0 Å². The number of hydrogen-bond acceptors (Lipinski definition) is 4. The van der Waals surface area contributed by atoms with Gasteiger partial charge in [-0.05, 0) is 29.8 Å². The highest BCUT2D eigenvalue weighted by Crippen LogP contribution is 2.24. The van der Waals surface area contributed by atoms with Crippen molar-refractivity contribution < 1.29 is 17.9 Å². The Morgan fingerprint density at radius 3 is 2.42 bits per heavy atom. The zero-order valence-corrected chi connectivity index (χ0v) is 12.1. The van der Waals surface area contributed by atoms with Gasteiger partial charge in [-0.2, -0.15) is 4.31 Å². The first-order chi connectivity index (χ1) is 8.93. The van der Waals surface area contributed by atoms with Crippen LogP contribution in [0.2, 0.25) is 5.02 Å². The Morgan fingerprint density at radius 2 is 1.89 bits per heavy atom. The van der Waals surface area contributed by atoms with E-state index in [1.807, 2.05) is 0 Å². The smallest absolute Gasteiger partial charge is 0.253 e. The van der Waals surface area contributed by atoms with Crippen LogP contribution in [0.1, 0.15) is 10.4 Å². The van der Waals surface area contributed by atoms with Crippen LogP contribution in [-0.2, 0) is 14.8 Å². The SMILES string of the molecule is O=C(Cl)c1ccc(S(=O)(=O)N2CCOCC2)cc1Cl. The second-order valence-electron chi connectivity index (χ2n) is 3.93. The van der Waals surface area contributed by atoms with Gasteiger partial charge in [0, 0.05) is 13.1 Å². The van der Waals surface area contributed by atoms with Crippen molar-refractivity contribution in [2.45, 2.75) is 4.90 Å². The van der Waals surface area contributed by atoms with Crippen molar-refractivity contribution in [3.8, 4) is 0 Å². The Hall–Kier alpha value is -0.660. The lowest BCUT2D eigenvalue weighted by atomic mass is 10.2. The third kappa shape index (κ3) is 3.09. The van der Waals surface area contributed by atoms with Crippen molar-refractivity contribution in [1.29, 1.82) is 0 Å². The minimum Gasteiger partial charge on any atom is -0.379 e. The summed E-state index contributed by atoms with van der Waals surface area (Å²) >= 11 is 11.2. The molecule has 0 aliphatic carbocycles. The number of carbonyl (C=O) groups excluding carboxylic acids is 1. The first kappa shape index (κ1) is 14.7. The topological polar surface area (TPSA) is 63.7 Å². The van der Waals surface area contributed by atoms with Crippen molar-refractivity contribution in [3.05, 3.63) is 28.8 Å². The monoisotopic (exact) mass is 323 g/mol. The maximum absolute atomic E-state index is 12.3. The van der Waals surface area contributed by atoms with E-state index in [2.05, 4.69) is 0 Å². The van der Waals surface area contributed by atoms with Crippen molar-refractivity contribution in [1.82, 2.24) is 4.31 Å². The number of rotatable bonds is 3. The molecule has 2 rings (SSSR count). The van der Waals surface area contributed by atoms with Gasteiger partial charge in [0.15, 0.2) is 0 Å². The van der Waals surface area contributed by atoms with Gasteiger partial charge < -0.3 is 4.74 Å². The fourth-order valence-electron chi connectivity index (χ4n) is 1.75. The number of sulfonamides is 1. The zero-order chi connectivity index (χ0) is 14.0. The molecule has 0 radical (unpaired) electrons. The number of ether oxygens (including phenoxy) is 1. The summed E-state index contributed by atoms with van der Waals surface area (Å²) in [6.07, 6.45) is 0. The summed E-state index contributed by atoms with van der Waals surface area (Å²) in [5.74, 6) is 0. The van der Waals surface area contributed by atoms with E-state index in [0.29, 0.717) is 26.3 Å². The molecule has 0 amide bonds. The molecule has 0 atom stereocenters. The van der Waals surface area contributed by atoms with Crippen LogP contribution >= 0.6 is 23.2 Å². The molecule has 0 saturated carbocycles. The molecule has 0 spiro atoms. The lowest BCUT2D eigenvalue weighted by Gasteiger charge is -2.26. The number of halogens is 2. The maximum Gasteiger partial charge on any atom is 0.253 e. The number of hydrogen-bond donors (Lipinski definition) is 0. The summed E-state index contributed by atoms with van der Waals surface area (Å²) < 4.78 is 31.1. The van der Waals surface area contributed by atoms with Crippen molar-refractivity contribution in [2.75, 3.05) is 26.3 Å². The normalized spacial score (nSPS) is 17.4. The summed E-state index contributed by atoms with van der Waals surface area (Å²) in [4.78, 5) is 11.1. The van der Waals surface area contributed by atoms with E-state index in [1.54, 1.807) is 0 Å². The molecule has 1 aliphatic rings. The van der Waals surface area contributed by atoms with Crippen LogP contribution in [0.15, 0.2) is 23.1 Å². The average molecular weight is 324 g/mol. The third-order valence-corrected chi connectivity index (χ3v) is 5.17. The molecule has 0 unspecified atom stereocenters. The maximum atomic E-state index is 12.3. The van der Waals surface area contributed by atoms with Crippen molar-refractivity contribution in [2.24, 2.45) is 0 Å². The molecule has 1 fully saturated rings. The summed E-state index contributed by atoms with van der Waals surface area (Å²) in [7, 11) is -3.61. The quantitative estimate of drug-likeness (QED) is 0.795. The lowest BCUT2D eigenvalue weighted by molar-refractivity contribution is 0.0730. The van der Waals surface area contributed by atoms with Gasteiger partial charge in [0.25, 0.3) is 5.24 Å². The molecule has 1 aromatic carbocycles. The number of benzene rings is 1. The lowest BCUT2D eigenvalue weighted by Crippen LogP contribution is -2.40. The highest BCUT2D eigenvalue weighted by Gasteiger charge is 2.27. The van der Waals surface area contributed by atoms with E-state index in [9.17, 15) is 13.2 Å². The molecule has 5 nitrogen and oxygen atoms in total. The largest absolute Gasteiger partial charge is 0.379 e. The highest BCUT2D eigenvalue weighted by atomic mass is 35.5. The number of morpholine rings is 1. The second-order valence-corrected chi connectivity index (χ2v) is 6.62. The van der Waals surface area contributed by atoms with Gasteiger partial charge in [0.2, 0.25) is 10.0 Å². The average Bonchev–Trinajstić information content (AvgIpc) is 2.39. The highest BCUT2D eigenvalue weighted by molar-refractivity contribution is 7.89. The minimum absolute atomic E-state index is 0.0225. The Balaban J connectivity index is 2.35. The standard InChI is InChI=1S/C11H11Cl2NO4S/c12-10-7-8(1-2-9(10)11(13)15)19(16,17)14-3-5-18-6-4-14/h1-2,7H,3-6H2. The summed E-state index contributed by atoms with van der Waals surface area (Å²) in [5, 5.41) is -0.699. The molecule has 1 heterocycles. The molecule has 0 N–H and O–H groups in total. The Labute approximate surface area is 121 Å². The van der Waals surface area contributed by atoms with Gasteiger partial charge in [-0.15, -0.1) is 0 Å². The number of carbonyl (C=O) groups is 1. The molecule has 1 saturated heterocycles. The van der Waals surface area contributed by atoms with Crippen LogP contribution in [0.5, 0.6) is 0 Å². The van der Waals surface area contributed by atoms with Gasteiger partial charge in [-0.1, -0.05) is 11.6 Å². The molecular weight excluding hydrogens is 313 g/mol. The molecule has 104 valence electrons. The summed E-state index contributed by atoms with van der Waals surface area (Å²) in [6.45, 7) is 1.34. The van der Waals surface area contributed by atoms with Gasteiger partial charge in [-0.25, -0.2) is 8.42 Å². The van der Waals surface area contributed by atoms with Gasteiger partial charge >= 0.3 is 0 Å². The molecule has 0 aromatic heterocycles. The fourth-order valence-corrected chi connectivity index (χ4v) is 3.73. The van der Waals surface area contributed by atoms with E-state index in [1.165, 1.54) is 22.5 Å². The van der Waals surface area contributed by atoms with Crippen LogP contribution in [-0.4, -0.2) is 44.3 Å². The van der Waals surface area contributed by atoms with Crippen LogP contribution in [0.3, 0.4) is 0 Å². The van der Waals surface area contributed by atoms with Crippen LogP contribution in [0, 0.1) is 0 Å². The second kappa shape index (κ2) is 5.76. The molecule has 1 aliphatic heterocycles. The minimum atomic E-state index is -3.61. The van der Waals surface area contributed by atoms with Crippen LogP contribution in [0.4, 0.5) is 0 Å². The van der Waals surface area contributed by atoms with E-state index >= 15 is 0 Å². The Morgan fingerprint density at radius 1 is 1.26 bits per heavy atom. The summed E-state index contributed by atoms with van der Waals surface area (Å²) in [5.41, 5.74) is 0.0873. The first-order valence-corrected chi connectivity index (χ1v) is 7.70. The third-order valence-electron chi connectivity index (χ3n) is 2.76. The Bertz CT molecular complexity index is 597. The van der Waals surface area contributed by atoms with Gasteiger partial charge in [0.1, 0.15) is 0 Å². The summed E-state index contributed by atoms with van der Waals surface area (Å²) in [6, 6.07) is 3.87. The van der Waals surface area contributed by atoms with E-state index in [-0.39, 0.29) is 15.5 Å². The van der Waals surface area contributed by atoms with Crippen LogP contribution < -0.4 is 0 Å². The van der Waals surface area contributed by atoms with E-state index in [4.69, 9.17) is 27.9 Å². The molecule has 8 heteroatoms. The van der Waals surface area contributed by atoms with Crippen molar-refractivity contribution >= 4 is 38.5 Å². The predicted molar refractivity (Wildman–Crippen MR) is 71.2 cm³/mol. The first-order valence-electron chi connectivity index (χ1n) is 5.50. The molecule has 0 bridgehead atoms. The van der Waals surface area contributed by atoms with E-state index in [0.717, 1.165) is 0 Å². The fraction of sp³-hybridized carbons (Fsp3) is 0.364. The molecule has 19 heavy (non-hydrogen) atoms. The van der Waals surface area contributed by atoms with Gasteiger partial charge in [0.05, 0.1) is 28.7 Å². The van der Waals surface area contributed by atoms with Gasteiger partial charge in [-0.3, -0.25) is 4.79 Å². The van der Waals surface area contributed by atoms with Crippen molar-refractivity contribution in [3.63, 3.8) is 0 Å². The van der Waals surface area contributed by atoms with E-state index < -0.39 is 15.3 Å². The predicted octanol–water partition coefficient (Wildman–Crippen LogP) is 1.74. The zero-order valence-electron chi connectivity index (χ0n) is 9.80. The Kier molecular flexibility index (Phi) is 4.47. The molecular formula is C11H11Cl2NO4S. The number of nitrogens with zero attached hydrogens (tertiary/aromatic N) is 1.